The summed E-state index contributed by atoms with van der Waals surface area (Å²) in [4.78, 5) is 24.4. The fourth-order valence-corrected chi connectivity index (χ4v) is 5.62. The third-order valence-electron chi connectivity index (χ3n) is 7.67. The lowest BCUT2D eigenvalue weighted by Gasteiger charge is -2.45. The summed E-state index contributed by atoms with van der Waals surface area (Å²) in [6.07, 6.45) is 7.63. The van der Waals surface area contributed by atoms with E-state index in [0.717, 1.165) is 55.4 Å². The van der Waals surface area contributed by atoms with Gasteiger partial charge in [0.15, 0.2) is 0 Å². The average molecular weight is 549 g/mol. The number of hydrogen-bond acceptors (Lipinski definition) is 6. The predicted octanol–water partition coefficient (Wildman–Crippen LogP) is 4.49. The van der Waals surface area contributed by atoms with Gasteiger partial charge in [-0.2, -0.15) is 0 Å². The maximum absolute atomic E-state index is 12.4. The van der Waals surface area contributed by atoms with Crippen molar-refractivity contribution < 1.29 is 5.11 Å². The van der Waals surface area contributed by atoms with Gasteiger partial charge in [-0.15, -0.1) is 0 Å². The normalized spacial score (nSPS) is 16.9. The number of nitrogens with zero attached hydrogens (tertiary/aromatic N) is 6. The summed E-state index contributed by atoms with van der Waals surface area (Å²) < 4.78 is 3.00. The van der Waals surface area contributed by atoms with Crippen LogP contribution in [-0.2, 0) is 7.05 Å². The molecule has 4 heterocycles. The lowest BCUT2D eigenvalue weighted by molar-refractivity contribution is 0.0644. The van der Waals surface area contributed by atoms with Crippen LogP contribution in [0, 0.1) is 6.92 Å². The molecule has 0 spiro atoms. The van der Waals surface area contributed by atoms with Crippen LogP contribution in [0.15, 0.2) is 59.4 Å². The number of halogens is 1. The van der Waals surface area contributed by atoms with Crippen molar-refractivity contribution in [2.24, 2.45) is 7.05 Å². The molecule has 0 unspecified atom stereocenters. The van der Waals surface area contributed by atoms with Crippen molar-refractivity contribution in [3.05, 3.63) is 81.5 Å². The van der Waals surface area contributed by atoms with Crippen LogP contribution in [0.5, 0.6) is 5.75 Å². The molecule has 206 valence electrons. The van der Waals surface area contributed by atoms with E-state index in [9.17, 15) is 9.90 Å². The molecule has 0 radical (unpaired) electrons. The van der Waals surface area contributed by atoms with Crippen molar-refractivity contribution in [1.82, 2.24) is 28.8 Å². The largest absolute Gasteiger partial charge is 0.505 e. The molecule has 39 heavy (non-hydrogen) atoms. The van der Waals surface area contributed by atoms with Crippen molar-refractivity contribution in [3.63, 3.8) is 0 Å². The molecule has 0 saturated carbocycles. The number of benzene rings is 1. The highest BCUT2D eigenvalue weighted by molar-refractivity contribution is 6.32. The van der Waals surface area contributed by atoms with Gasteiger partial charge in [0.25, 0.3) is 0 Å². The molecular weight excluding hydrogens is 512 g/mol. The Morgan fingerprint density at radius 1 is 1.03 bits per heavy atom. The van der Waals surface area contributed by atoms with E-state index in [4.69, 9.17) is 16.6 Å². The Balaban J connectivity index is 1.46. The number of hydrogen-bond donors (Lipinski definition) is 1. The average Bonchev–Trinajstić information content (AvgIpc) is 3.22. The Kier molecular flexibility index (Phi) is 7.11. The second kappa shape index (κ2) is 10.2. The van der Waals surface area contributed by atoms with E-state index in [1.165, 1.54) is 9.13 Å². The topological polar surface area (TPSA) is 69.8 Å². The summed E-state index contributed by atoms with van der Waals surface area (Å²) >= 11 is 6.63. The molecule has 2 aliphatic rings. The number of piperazine rings is 1. The summed E-state index contributed by atoms with van der Waals surface area (Å²) in [7, 11) is 3.80. The fraction of sp³-hybridized carbons (Fsp3) is 0.400. The molecule has 9 heteroatoms. The van der Waals surface area contributed by atoms with E-state index in [1.807, 2.05) is 19.1 Å². The van der Waals surface area contributed by atoms with E-state index >= 15 is 0 Å². The molecule has 1 saturated heterocycles. The molecule has 0 atom stereocenters. The Morgan fingerprint density at radius 3 is 2.36 bits per heavy atom. The van der Waals surface area contributed by atoms with E-state index in [-0.39, 0.29) is 17.0 Å². The van der Waals surface area contributed by atoms with Crippen molar-refractivity contribution >= 4 is 17.2 Å². The van der Waals surface area contributed by atoms with E-state index in [1.54, 1.807) is 31.6 Å². The first-order valence-corrected chi connectivity index (χ1v) is 13.7. The Labute approximate surface area is 235 Å². The molecule has 0 bridgehead atoms. The van der Waals surface area contributed by atoms with Crippen molar-refractivity contribution in [2.45, 2.75) is 33.2 Å². The second-order valence-corrected chi connectivity index (χ2v) is 11.8. The van der Waals surface area contributed by atoms with Gasteiger partial charge in [-0.25, -0.2) is 9.78 Å². The van der Waals surface area contributed by atoms with Crippen molar-refractivity contribution in [2.75, 3.05) is 39.8 Å². The van der Waals surface area contributed by atoms with Gasteiger partial charge in [0.1, 0.15) is 17.3 Å². The SMILES string of the molecule is Cc1cc(-c2ccc(-n3ccn(C)c3=O)c(Cl)c2)c(O)c(C2=CCN(C)C(N3CCN(C(C)(C)C)CC3)=C2)n1. The number of imidazole rings is 1. The number of allylic oxidation sites excluding steroid dienone is 2. The summed E-state index contributed by atoms with van der Waals surface area (Å²) in [5, 5.41) is 11.9. The zero-order valence-electron chi connectivity index (χ0n) is 23.6. The van der Waals surface area contributed by atoms with Gasteiger partial charge in [-0.1, -0.05) is 23.7 Å². The zero-order valence-corrected chi connectivity index (χ0v) is 24.3. The molecule has 1 N–H and O–H groups in total. The highest BCUT2D eigenvalue weighted by atomic mass is 35.5. The zero-order chi connectivity index (χ0) is 28.1. The van der Waals surface area contributed by atoms with Gasteiger partial charge < -0.3 is 19.5 Å². The van der Waals surface area contributed by atoms with Crippen LogP contribution in [0.25, 0.3) is 22.4 Å². The van der Waals surface area contributed by atoms with Crippen LogP contribution in [0.4, 0.5) is 0 Å². The monoisotopic (exact) mass is 548 g/mol. The minimum Gasteiger partial charge on any atom is -0.505 e. The minimum absolute atomic E-state index is 0.116. The van der Waals surface area contributed by atoms with Crippen LogP contribution in [-0.4, -0.2) is 79.2 Å². The van der Waals surface area contributed by atoms with Gasteiger partial charge >= 0.3 is 5.69 Å². The first-order chi connectivity index (χ1) is 18.4. The Hall–Kier alpha value is -3.49. The van der Waals surface area contributed by atoms with Gasteiger partial charge in [0, 0.05) is 81.6 Å². The summed E-state index contributed by atoms with van der Waals surface area (Å²) in [6.45, 7) is 13.4. The molecular formula is C30H37ClN6O2. The van der Waals surface area contributed by atoms with E-state index in [0.29, 0.717) is 22.0 Å². The molecule has 3 aromatic rings. The van der Waals surface area contributed by atoms with Crippen molar-refractivity contribution in [1.29, 1.82) is 0 Å². The lowest BCUT2D eigenvalue weighted by Crippen LogP contribution is -2.54. The molecule has 8 nitrogen and oxygen atoms in total. The summed E-state index contributed by atoms with van der Waals surface area (Å²) in [5.41, 5.74) is 4.25. The summed E-state index contributed by atoms with van der Waals surface area (Å²) in [6, 6.07) is 7.33. The van der Waals surface area contributed by atoms with Gasteiger partial charge in [0.05, 0.1) is 10.7 Å². The van der Waals surface area contributed by atoms with Gasteiger partial charge in [-0.3, -0.25) is 9.47 Å². The number of aromatic nitrogens is 3. The van der Waals surface area contributed by atoms with Crippen LogP contribution in [0.2, 0.25) is 5.02 Å². The summed E-state index contributed by atoms with van der Waals surface area (Å²) in [5.74, 6) is 1.26. The molecule has 1 fully saturated rings. The van der Waals surface area contributed by atoms with Crippen LogP contribution in [0.3, 0.4) is 0 Å². The second-order valence-electron chi connectivity index (χ2n) is 11.4. The lowest BCUT2D eigenvalue weighted by atomic mass is 9.99. The number of aryl methyl sites for hydroxylation is 2. The van der Waals surface area contributed by atoms with E-state index < -0.39 is 0 Å². The third kappa shape index (κ3) is 5.23. The number of likely N-dealkylation sites (N-methyl/N-ethyl adjacent to an activating group) is 1. The maximum Gasteiger partial charge on any atom is 0.332 e. The maximum atomic E-state index is 12.4. The first kappa shape index (κ1) is 27.1. The van der Waals surface area contributed by atoms with Gasteiger partial charge in [0.2, 0.25) is 0 Å². The highest BCUT2D eigenvalue weighted by Gasteiger charge is 2.29. The fourth-order valence-electron chi connectivity index (χ4n) is 5.35. The van der Waals surface area contributed by atoms with Crippen LogP contribution < -0.4 is 5.69 Å². The molecule has 1 aromatic carbocycles. The third-order valence-corrected chi connectivity index (χ3v) is 7.98. The first-order valence-electron chi connectivity index (χ1n) is 13.3. The van der Waals surface area contributed by atoms with Crippen LogP contribution >= 0.6 is 11.6 Å². The molecule has 2 aromatic heterocycles. The smallest absolute Gasteiger partial charge is 0.332 e. The van der Waals surface area contributed by atoms with Crippen molar-refractivity contribution in [3.8, 4) is 22.6 Å². The molecule has 2 aliphatic heterocycles. The Morgan fingerprint density at radius 2 is 1.74 bits per heavy atom. The van der Waals surface area contributed by atoms with Crippen LogP contribution in [0.1, 0.15) is 32.2 Å². The number of rotatable bonds is 4. The minimum atomic E-state index is -0.175. The number of pyridine rings is 1. The number of aromatic hydroxyl groups is 1. The predicted molar refractivity (Wildman–Crippen MR) is 157 cm³/mol. The standard InChI is InChI=1S/C30H37ClN6O2/c1-20-17-23(21-7-8-25(24(31)18-21)37-16-11-34(6)29(37)39)28(38)27(32-20)22-9-10-33(5)26(19-22)35-12-14-36(15-13-35)30(2,3)4/h7-9,11,16-19,38H,10,12-15H2,1-6H3. The van der Waals surface area contributed by atoms with Gasteiger partial charge in [-0.05, 0) is 57.5 Å². The van der Waals surface area contributed by atoms with E-state index in [2.05, 4.69) is 54.7 Å². The highest BCUT2D eigenvalue weighted by Crippen LogP contribution is 2.39. The quantitative estimate of drug-likeness (QED) is 0.518. The molecule has 0 aliphatic carbocycles. The molecule has 0 amide bonds. The Bertz CT molecular complexity index is 1520. The molecule has 5 rings (SSSR count).